The van der Waals surface area contributed by atoms with Crippen molar-refractivity contribution in [3.63, 3.8) is 0 Å². The molecule has 0 aromatic heterocycles. The van der Waals surface area contributed by atoms with E-state index in [9.17, 15) is 9.90 Å². The quantitative estimate of drug-likeness (QED) is 0.487. The van der Waals surface area contributed by atoms with Crippen LogP contribution in [0.25, 0.3) is 22.3 Å². The maximum Gasteiger partial charge on any atom is 0.307 e. The summed E-state index contributed by atoms with van der Waals surface area (Å²) in [7, 11) is 1.71. The van der Waals surface area contributed by atoms with Gasteiger partial charge in [-0.2, -0.15) is 0 Å². The van der Waals surface area contributed by atoms with Crippen molar-refractivity contribution < 1.29 is 14.6 Å². The maximum absolute atomic E-state index is 11.8. The van der Waals surface area contributed by atoms with Crippen LogP contribution >= 0.6 is 11.9 Å². The van der Waals surface area contributed by atoms with Crippen molar-refractivity contribution in [2.24, 2.45) is 0 Å². The molecular formula is C26H27NO3S. The summed E-state index contributed by atoms with van der Waals surface area (Å²) in [6, 6.07) is 14.5. The van der Waals surface area contributed by atoms with Gasteiger partial charge in [-0.1, -0.05) is 53.9 Å². The Labute approximate surface area is 188 Å². The Hall–Kier alpha value is -2.92. The third-order valence-corrected chi connectivity index (χ3v) is 6.88. The first-order chi connectivity index (χ1) is 14.9. The van der Waals surface area contributed by atoms with Gasteiger partial charge in [-0.3, -0.25) is 4.79 Å². The Balaban J connectivity index is 2.14. The highest BCUT2D eigenvalue weighted by atomic mass is 32.2. The molecule has 0 aliphatic carbocycles. The van der Waals surface area contributed by atoms with Crippen molar-refractivity contribution in [2.45, 2.75) is 33.7 Å². The second-order valence-corrected chi connectivity index (χ2v) is 8.78. The second-order valence-electron chi connectivity index (χ2n) is 7.98. The summed E-state index contributed by atoms with van der Waals surface area (Å²) >= 11 is 1.66. The Kier molecular flexibility index (Phi) is 5.71. The highest BCUT2D eigenvalue weighted by Crippen LogP contribution is 2.52. The van der Waals surface area contributed by atoms with Crippen molar-refractivity contribution >= 4 is 23.6 Å². The van der Waals surface area contributed by atoms with Crippen molar-refractivity contribution in [2.75, 3.05) is 17.7 Å². The van der Waals surface area contributed by atoms with Gasteiger partial charge in [0.2, 0.25) is 0 Å². The van der Waals surface area contributed by atoms with Gasteiger partial charge in [0, 0.05) is 17.4 Å². The molecule has 1 aliphatic heterocycles. The van der Waals surface area contributed by atoms with Gasteiger partial charge in [0.25, 0.3) is 0 Å². The lowest BCUT2D eigenvalue weighted by molar-refractivity contribution is -0.136. The smallest absolute Gasteiger partial charge is 0.307 e. The number of carboxylic acid groups (broad SMARTS) is 1. The van der Waals surface area contributed by atoms with E-state index in [2.05, 4.69) is 61.7 Å². The van der Waals surface area contributed by atoms with Gasteiger partial charge >= 0.3 is 5.97 Å². The van der Waals surface area contributed by atoms with Crippen LogP contribution in [0, 0.1) is 20.8 Å². The highest BCUT2D eigenvalue weighted by Gasteiger charge is 2.32. The van der Waals surface area contributed by atoms with Crippen molar-refractivity contribution in [1.82, 2.24) is 0 Å². The minimum atomic E-state index is -0.819. The number of aliphatic carboxylic acids is 1. The topological polar surface area (TPSA) is 49.8 Å². The standard InChI is InChI=1S/C26H27NO3S/c1-15-9-11-18(12-10-15)23-17(3)24-25-19(7-6-8-21(25)30-4)14-27(31-5)26(24)16(2)20(23)13-22(28)29/h6-12H,13-14H2,1-5H3,(H,28,29). The fraction of sp³-hybridized carbons (Fsp3) is 0.269. The Morgan fingerprint density at radius 3 is 2.35 bits per heavy atom. The fourth-order valence-electron chi connectivity index (χ4n) is 4.70. The third-order valence-electron chi connectivity index (χ3n) is 6.13. The van der Waals surface area contributed by atoms with Crippen LogP contribution in [0.3, 0.4) is 0 Å². The molecule has 1 aliphatic rings. The average Bonchev–Trinajstić information content (AvgIpc) is 2.76. The zero-order chi connectivity index (χ0) is 22.3. The summed E-state index contributed by atoms with van der Waals surface area (Å²) in [6.07, 6.45) is 2.05. The first-order valence-electron chi connectivity index (χ1n) is 10.3. The highest BCUT2D eigenvalue weighted by molar-refractivity contribution is 7.99. The van der Waals surface area contributed by atoms with Gasteiger partial charge in [-0.05, 0) is 60.2 Å². The summed E-state index contributed by atoms with van der Waals surface area (Å²) < 4.78 is 8.04. The summed E-state index contributed by atoms with van der Waals surface area (Å²) in [5, 5.41) is 9.73. The van der Waals surface area contributed by atoms with E-state index in [0.717, 1.165) is 56.9 Å². The van der Waals surface area contributed by atoms with E-state index < -0.39 is 5.97 Å². The largest absolute Gasteiger partial charge is 0.496 e. The van der Waals surface area contributed by atoms with E-state index in [1.807, 2.05) is 12.1 Å². The SMILES string of the molecule is COc1cccc2c1-c1c(C)c(-c3ccc(C)cc3)c(CC(=O)O)c(C)c1N(SC)C2. The monoisotopic (exact) mass is 433 g/mol. The number of carbonyl (C=O) groups is 1. The lowest BCUT2D eigenvalue weighted by Gasteiger charge is -2.36. The first-order valence-corrected chi connectivity index (χ1v) is 11.5. The van der Waals surface area contributed by atoms with Gasteiger partial charge in [0.05, 0.1) is 25.8 Å². The van der Waals surface area contributed by atoms with Crippen LogP contribution in [-0.4, -0.2) is 24.4 Å². The maximum atomic E-state index is 11.8. The predicted molar refractivity (Wildman–Crippen MR) is 129 cm³/mol. The summed E-state index contributed by atoms with van der Waals surface area (Å²) in [5.74, 6) is 0.0307. The minimum Gasteiger partial charge on any atom is -0.496 e. The molecular weight excluding hydrogens is 406 g/mol. The number of benzene rings is 3. The number of anilines is 1. The molecule has 31 heavy (non-hydrogen) atoms. The number of ether oxygens (including phenoxy) is 1. The molecule has 4 rings (SSSR count). The first kappa shape index (κ1) is 21.3. The molecule has 0 amide bonds. The molecule has 0 saturated carbocycles. The van der Waals surface area contributed by atoms with Gasteiger partial charge in [-0.25, -0.2) is 0 Å². The normalized spacial score (nSPS) is 12.4. The zero-order valence-corrected chi connectivity index (χ0v) is 19.4. The molecule has 0 radical (unpaired) electrons. The lowest BCUT2D eigenvalue weighted by Crippen LogP contribution is -2.23. The third kappa shape index (κ3) is 3.57. The zero-order valence-electron chi connectivity index (χ0n) is 18.6. The lowest BCUT2D eigenvalue weighted by atomic mass is 9.80. The van der Waals surface area contributed by atoms with Crippen LogP contribution in [0.4, 0.5) is 5.69 Å². The summed E-state index contributed by atoms with van der Waals surface area (Å²) in [6.45, 7) is 6.97. The minimum absolute atomic E-state index is 0.00976. The molecule has 3 aromatic carbocycles. The Morgan fingerprint density at radius 2 is 1.74 bits per heavy atom. The fourth-order valence-corrected chi connectivity index (χ4v) is 5.38. The molecule has 4 nitrogen and oxygen atoms in total. The van der Waals surface area contributed by atoms with E-state index in [-0.39, 0.29) is 6.42 Å². The van der Waals surface area contributed by atoms with Crippen molar-refractivity contribution in [1.29, 1.82) is 0 Å². The second kappa shape index (κ2) is 8.31. The molecule has 0 atom stereocenters. The number of aryl methyl sites for hydroxylation is 1. The number of hydrogen-bond donors (Lipinski definition) is 1. The van der Waals surface area contributed by atoms with Crippen LogP contribution in [0.2, 0.25) is 0 Å². The predicted octanol–water partition coefficient (Wildman–Crippen LogP) is 6.18. The van der Waals surface area contributed by atoms with Gasteiger partial charge in [0.15, 0.2) is 0 Å². The number of fused-ring (bicyclic) bond motifs is 3. The van der Waals surface area contributed by atoms with E-state index in [1.165, 1.54) is 11.1 Å². The van der Waals surface area contributed by atoms with Gasteiger partial charge in [-0.15, -0.1) is 0 Å². The van der Waals surface area contributed by atoms with E-state index in [1.54, 1.807) is 19.1 Å². The van der Waals surface area contributed by atoms with E-state index in [0.29, 0.717) is 0 Å². The van der Waals surface area contributed by atoms with Crippen LogP contribution in [0.5, 0.6) is 5.75 Å². The molecule has 1 N–H and O–H groups in total. The van der Waals surface area contributed by atoms with Gasteiger partial charge in [0.1, 0.15) is 5.75 Å². The van der Waals surface area contributed by atoms with Crippen LogP contribution in [0.15, 0.2) is 42.5 Å². The molecule has 1 heterocycles. The molecule has 160 valence electrons. The number of carboxylic acids is 1. The molecule has 0 unspecified atom stereocenters. The molecule has 3 aromatic rings. The van der Waals surface area contributed by atoms with E-state index in [4.69, 9.17) is 4.74 Å². The number of rotatable bonds is 5. The molecule has 0 spiro atoms. The number of methoxy groups -OCH3 is 1. The van der Waals surface area contributed by atoms with Crippen LogP contribution in [-0.2, 0) is 17.8 Å². The Morgan fingerprint density at radius 1 is 1.03 bits per heavy atom. The van der Waals surface area contributed by atoms with E-state index >= 15 is 0 Å². The molecule has 0 bridgehead atoms. The summed E-state index contributed by atoms with van der Waals surface area (Å²) in [4.78, 5) is 11.8. The van der Waals surface area contributed by atoms with Gasteiger partial charge < -0.3 is 14.1 Å². The van der Waals surface area contributed by atoms with Crippen molar-refractivity contribution in [3.8, 4) is 28.0 Å². The number of hydrogen-bond acceptors (Lipinski definition) is 4. The molecule has 0 saturated heterocycles. The molecule has 0 fully saturated rings. The molecule has 5 heteroatoms. The Bertz CT molecular complexity index is 1170. The van der Waals surface area contributed by atoms with Crippen molar-refractivity contribution in [3.05, 3.63) is 70.3 Å². The average molecular weight is 434 g/mol. The number of nitrogens with zero attached hydrogens (tertiary/aromatic N) is 1. The summed E-state index contributed by atoms with van der Waals surface area (Å²) in [5.41, 5.74) is 10.8. The van der Waals surface area contributed by atoms with Crippen LogP contribution in [0.1, 0.15) is 27.8 Å². The van der Waals surface area contributed by atoms with Crippen LogP contribution < -0.4 is 9.04 Å².